The van der Waals surface area contributed by atoms with Gasteiger partial charge in [-0.25, -0.2) is 29.1 Å². The van der Waals surface area contributed by atoms with E-state index in [9.17, 15) is 48.6 Å². The van der Waals surface area contributed by atoms with Crippen LogP contribution in [0.25, 0.3) is 27.9 Å². The largest absolute Gasteiger partial charge is 0.491 e. The first-order valence-electron chi connectivity index (χ1n) is 40.4. The number of allylic oxidation sites excluding steroid dienone is 1. The number of rotatable bonds is 29. The topological polar surface area (TPSA) is 347 Å². The van der Waals surface area contributed by atoms with E-state index in [1.54, 1.807) is 30.3 Å². The zero-order chi connectivity index (χ0) is 82.2. The Morgan fingerprint density at radius 2 is 0.983 bits per heavy atom. The molecule has 0 radical (unpaired) electrons. The number of carbonyl (C=O) groups excluding carboxylic acids is 6. The number of hydrogen-bond donors (Lipinski definition) is 6. The highest BCUT2D eigenvalue weighted by atomic mass is 35.5. The van der Waals surface area contributed by atoms with Gasteiger partial charge in [0.1, 0.15) is 111 Å². The van der Waals surface area contributed by atoms with Gasteiger partial charge in [0.05, 0.1) is 57.3 Å². The van der Waals surface area contributed by atoms with Gasteiger partial charge in [-0.15, -0.1) is 13.2 Å². The van der Waals surface area contributed by atoms with Gasteiger partial charge in [0, 0.05) is 86.9 Å². The van der Waals surface area contributed by atoms with Crippen molar-refractivity contribution in [1.82, 2.24) is 50.8 Å². The van der Waals surface area contributed by atoms with Gasteiger partial charge < -0.3 is 83.9 Å². The lowest BCUT2D eigenvalue weighted by atomic mass is 9.85. The monoisotopic (exact) mass is 1630 g/mol. The molecule has 4 saturated heterocycles. The highest BCUT2D eigenvalue weighted by molar-refractivity contribution is 6.37. The molecular weight excluding hydrogens is 1520 g/mol. The number of fused-ring (bicyclic) bond motifs is 4. The second-order valence-electron chi connectivity index (χ2n) is 34.8. The van der Waals surface area contributed by atoms with Crippen LogP contribution in [0, 0.1) is 46.3 Å². The molecule has 6 amide bonds. The first kappa shape index (κ1) is 84.2. The highest BCUT2D eigenvalue weighted by Crippen LogP contribution is 2.54. The zero-order valence-electron chi connectivity index (χ0n) is 67.1. The van der Waals surface area contributed by atoms with Gasteiger partial charge >= 0.3 is 24.1 Å². The third-order valence-corrected chi connectivity index (χ3v) is 24.7. The molecule has 31 heteroatoms. The second-order valence-corrected chi connectivity index (χ2v) is 35.6. The van der Waals surface area contributed by atoms with E-state index in [1.165, 1.54) is 34.8 Å². The summed E-state index contributed by atoms with van der Waals surface area (Å²) in [7, 11) is 0. The Morgan fingerprint density at radius 1 is 0.574 bits per heavy atom. The van der Waals surface area contributed by atoms with Crippen LogP contribution < -0.4 is 45.0 Å². The highest BCUT2D eigenvalue weighted by Gasteiger charge is 2.63. The average molecular weight is 1630 g/mol. The number of nitrogens with zero attached hydrogens (tertiary/aromatic N) is 6. The summed E-state index contributed by atoms with van der Waals surface area (Å²) in [6, 6.07) is 6.24. The second kappa shape index (κ2) is 34.8. The van der Waals surface area contributed by atoms with Gasteiger partial charge in [-0.3, -0.25) is 29.0 Å². The van der Waals surface area contributed by atoms with Crippen molar-refractivity contribution in [3.8, 4) is 28.9 Å². The molecule has 6 saturated carbocycles. The van der Waals surface area contributed by atoms with Crippen molar-refractivity contribution in [2.24, 2.45) is 46.3 Å². The van der Waals surface area contributed by atoms with Crippen LogP contribution in [0.5, 0.6) is 28.9 Å². The number of carbonyl (C=O) groups is 8. The molecular formula is C84H110Cl2N10O19. The zero-order valence-corrected chi connectivity index (χ0v) is 68.7. The number of nitrogens with one attached hydrogen (secondary N) is 4. The number of carboxylic acid groups (broad SMARTS) is 2. The summed E-state index contributed by atoms with van der Waals surface area (Å²) in [6.45, 7) is 32.8. The number of aromatic nitrogens is 2. The van der Waals surface area contributed by atoms with Crippen molar-refractivity contribution in [2.75, 3.05) is 98.6 Å². The van der Waals surface area contributed by atoms with Crippen molar-refractivity contribution >= 4 is 98.8 Å². The van der Waals surface area contributed by atoms with Gasteiger partial charge in [-0.1, -0.05) is 82.5 Å². The first-order chi connectivity index (χ1) is 54.8. The lowest BCUT2D eigenvalue weighted by Gasteiger charge is -2.35. The van der Waals surface area contributed by atoms with E-state index in [-0.39, 0.29) is 61.9 Å². The van der Waals surface area contributed by atoms with E-state index in [0.29, 0.717) is 132 Å². The molecule has 16 atom stereocenters. The van der Waals surface area contributed by atoms with Crippen LogP contribution in [0.2, 0.25) is 10.0 Å². The van der Waals surface area contributed by atoms with E-state index in [2.05, 4.69) is 49.2 Å². The number of carboxylic acids is 2. The van der Waals surface area contributed by atoms with Crippen LogP contribution in [-0.2, 0) is 47.7 Å². The fraction of sp³-hybridized carbons (Fsp3) is 0.619. The molecule has 624 valence electrons. The molecule has 2 aromatic heterocycles. The molecule has 2 unspecified atom stereocenters. The Hall–Kier alpha value is -8.74. The Kier molecular flexibility index (Phi) is 25.5. The lowest BCUT2D eigenvalue weighted by Crippen LogP contribution is -2.59. The SMILES string of the molecule is C=C[C@@H]1C[C@]1(NC(=O)[C@@H]1C[C@@H](Oc2cc(C=C(C)C)nc3c(Cl)c(OCCN4CCOCC4)ccc23)CN1C(=O)[C@@H](NC(=O)OC1C[C@@H]2C[C@@H]2C1)C(C)(C)C)C(=O)O.C=C[C@@H]1C[C@]1(NC(=O)[C@@H]1C[C@@H](Oc2cc(OCC)nc3c(Cl)c(OCCN4CCOCC4)ccc23)CN1C(=O)[C@@H](NC(=O)OC1C[C@@H]2C[C@@H]2C1)C(C)(C)C)C(=O)O. The number of likely N-dealkylation sites (tertiary alicyclic amines) is 2. The molecule has 4 aromatic rings. The van der Waals surface area contributed by atoms with E-state index >= 15 is 0 Å². The fourth-order valence-corrected chi connectivity index (χ4v) is 17.7. The maximum Gasteiger partial charge on any atom is 0.408 e. The van der Waals surface area contributed by atoms with E-state index in [4.69, 9.17) is 70.8 Å². The number of aliphatic carboxylic acids is 2. The summed E-state index contributed by atoms with van der Waals surface area (Å²) in [4.78, 5) is 126. The molecule has 10 fully saturated rings. The van der Waals surface area contributed by atoms with Crippen molar-refractivity contribution in [2.45, 2.75) is 186 Å². The Balaban J connectivity index is 0.000000200. The van der Waals surface area contributed by atoms with Gasteiger partial charge in [-0.2, -0.15) is 0 Å². The number of halogens is 2. The van der Waals surface area contributed by atoms with Crippen LogP contribution in [0.3, 0.4) is 0 Å². The molecule has 29 nitrogen and oxygen atoms in total. The smallest absolute Gasteiger partial charge is 0.408 e. The minimum absolute atomic E-state index is 0.0184. The van der Waals surface area contributed by atoms with Crippen LogP contribution in [0.4, 0.5) is 9.59 Å². The predicted octanol–water partition coefficient (Wildman–Crippen LogP) is 9.89. The molecule has 6 N–H and O–H groups in total. The Bertz CT molecular complexity index is 4380. The minimum Gasteiger partial charge on any atom is -0.491 e. The summed E-state index contributed by atoms with van der Waals surface area (Å²) in [5.41, 5.74) is -2.14. The summed E-state index contributed by atoms with van der Waals surface area (Å²) in [6.07, 6.45) is 7.81. The quantitative estimate of drug-likeness (QED) is 0.0275. The van der Waals surface area contributed by atoms with Crippen molar-refractivity contribution in [3.05, 3.63) is 83.0 Å². The molecule has 115 heavy (non-hydrogen) atoms. The lowest BCUT2D eigenvalue weighted by molar-refractivity contribution is -0.146. The summed E-state index contributed by atoms with van der Waals surface area (Å²) in [5.74, 6) is -1.15. The van der Waals surface area contributed by atoms with Crippen LogP contribution >= 0.6 is 23.2 Å². The van der Waals surface area contributed by atoms with Crippen LogP contribution in [0.1, 0.15) is 132 Å². The van der Waals surface area contributed by atoms with E-state index in [0.717, 1.165) is 64.0 Å². The third-order valence-electron chi connectivity index (χ3n) is 24.0. The van der Waals surface area contributed by atoms with Crippen LogP contribution in [-0.4, -0.2) is 246 Å². The normalized spacial score (nSPS) is 28.4. The number of ether oxygens (including phenoxy) is 9. The number of amides is 6. The van der Waals surface area contributed by atoms with Gasteiger partial charge in [0.25, 0.3) is 0 Å². The van der Waals surface area contributed by atoms with Crippen LogP contribution in [0.15, 0.2) is 67.3 Å². The fourth-order valence-electron chi connectivity index (χ4n) is 17.1. The van der Waals surface area contributed by atoms with Gasteiger partial charge in [-0.05, 0) is 137 Å². The standard InChI is InChI=1S/C43H56ClN5O9.C41H54ClN5O10/c1-7-27-22-43(27,40(52)53)47-38(50)32-21-30(23-49(32)39(51)37(42(4,5)6)46-41(54)58-29-18-25-17-26(25)19-29)57-34-20-28(16-24(2)3)45-36-31(34)8-9-33(35(36)44)56-15-12-48-10-13-55-14-11-48;1-6-25-21-41(25,38(50)51)45-36(48)29-19-27(22-47(29)37(49)35(40(3,4)5)44-39(52)57-26-17-23-16-24(23)18-26)56-31-20-32(54-7-2)43-34-28(31)8-9-30(33(34)42)55-15-12-46-10-13-53-14-11-46/h7-9,16,20,25-27,29-30,32,37H,1,10-15,17-19,21-23H2,2-6H3,(H,46,54)(H,47,50)(H,52,53);6,8-9,20,23-27,29,35H,1,7,10-19,21-22H2,2-5H3,(H,44,52)(H,45,48)(H,50,51)/t25-,26+,27-,29?,30-,32+,37-,43-;23-,24+,25-,26?,27-,29+,35-,41-/m11/s1. The molecule has 6 heterocycles. The van der Waals surface area contributed by atoms with Gasteiger partial charge in [0.2, 0.25) is 29.5 Å². The number of benzene rings is 2. The maximum atomic E-state index is 14.7. The summed E-state index contributed by atoms with van der Waals surface area (Å²) in [5, 5.41) is 33.1. The van der Waals surface area contributed by atoms with E-state index in [1.807, 2.05) is 74.5 Å². The number of hydrogen-bond acceptors (Lipinski definition) is 21. The van der Waals surface area contributed by atoms with Gasteiger partial charge in [0.15, 0.2) is 0 Å². The summed E-state index contributed by atoms with van der Waals surface area (Å²) < 4.78 is 53.7. The van der Waals surface area contributed by atoms with Crippen molar-refractivity contribution < 1.29 is 91.2 Å². The molecule has 0 bridgehead atoms. The minimum atomic E-state index is -1.52. The number of pyridine rings is 2. The van der Waals surface area contributed by atoms with E-state index < -0.39 is 118 Å². The summed E-state index contributed by atoms with van der Waals surface area (Å²) >= 11 is 13.9. The average Bonchev–Trinajstić information content (AvgIpc) is 1.52. The Labute approximate surface area is 680 Å². The molecule has 6 aliphatic carbocycles. The van der Waals surface area contributed by atoms with Crippen molar-refractivity contribution in [3.63, 3.8) is 0 Å². The molecule has 2 aromatic carbocycles. The molecule has 4 aliphatic heterocycles. The molecule has 0 spiro atoms. The number of alkyl carbamates (subject to hydrolysis) is 2. The maximum absolute atomic E-state index is 14.7. The number of morpholine rings is 2. The Morgan fingerprint density at radius 3 is 1.36 bits per heavy atom. The molecule has 10 aliphatic rings. The predicted molar refractivity (Wildman–Crippen MR) is 427 cm³/mol. The molecule has 14 rings (SSSR count). The first-order valence-corrected chi connectivity index (χ1v) is 41.2. The third kappa shape index (κ3) is 19.4. The van der Waals surface area contributed by atoms with Crippen molar-refractivity contribution in [1.29, 1.82) is 0 Å².